The number of nitriles is 1. The monoisotopic (exact) mass is 268 g/mol. The summed E-state index contributed by atoms with van der Waals surface area (Å²) in [6.07, 6.45) is 2.18. The van der Waals surface area contributed by atoms with Gasteiger partial charge in [0.05, 0.1) is 11.3 Å². The summed E-state index contributed by atoms with van der Waals surface area (Å²) in [5, 5.41) is 9.93. The molecule has 0 aromatic heterocycles. The molecule has 0 radical (unpaired) electrons. The number of hydrogen-bond acceptors (Lipinski definition) is 2. The molecule has 2 nitrogen and oxygen atoms in total. The van der Waals surface area contributed by atoms with Gasteiger partial charge in [-0.2, -0.15) is 5.26 Å². The molecule has 1 heterocycles. The van der Waals surface area contributed by atoms with Gasteiger partial charge in [-0.25, -0.2) is 0 Å². The number of hydrogen-bond donors (Lipinski definition) is 0. The van der Waals surface area contributed by atoms with Crippen molar-refractivity contribution in [3.63, 3.8) is 0 Å². The van der Waals surface area contributed by atoms with Gasteiger partial charge < -0.3 is 4.90 Å². The van der Waals surface area contributed by atoms with Crippen LogP contribution in [0.5, 0.6) is 0 Å². The number of fused-ring (bicyclic) bond motifs is 1. The van der Waals surface area contributed by atoms with Crippen LogP contribution in [0, 0.1) is 11.3 Å². The number of aryl methyl sites for hydroxylation is 1. The summed E-state index contributed by atoms with van der Waals surface area (Å²) in [7, 11) is 0. The Bertz CT molecular complexity index is 658. The first-order valence-corrected chi connectivity index (χ1v) is 6.72. The second-order valence-electron chi connectivity index (χ2n) is 4.66. The molecule has 0 aliphatic carbocycles. The number of rotatable bonds is 1. The van der Waals surface area contributed by atoms with Gasteiger partial charge in [-0.3, -0.25) is 0 Å². The highest BCUT2D eigenvalue weighted by atomic mass is 35.5. The minimum Gasteiger partial charge on any atom is -0.340 e. The molecule has 3 heteroatoms. The van der Waals surface area contributed by atoms with Crippen molar-refractivity contribution >= 4 is 23.0 Å². The lowest BCUT2D eigenvalue weighted by atomic mass is 10.00. The molecule has 2 aromatic carbocycles. The highest BCUT2D eigenvalue weighted by Gasteiger charge is 2.20. The molecule has 94 valence electrons. The van der Waals surface area contributed by atoms with Crippen LogP contribution in [0.3, 0.4) is 0 Å². The largest absolute Gasteiger partial charge is 0.340 e. The summed E-state index contributed by atoms with van der Waals surface area (Å²) in [5.41, 5.74) is 4.09. The number of benzene rings is 2. The number of halogens is 1. The summed E-state index contributed by atoms with van der Waals surface area (Å²) >= 11 is 6.08. The van der Waals surface area contributed by atoms with E-state index in [2.05, 4.69) is 29.2 Å². The van der Waals surface area contributed by atoms with Gasteiger partial charge in [-0.15, -0.1) is 0 Å². The summed E-state index contributed by atoms with van der Waals surface area (Å²) in [4.78, 5) is 2.20. The Morgan fingerprint density at radius 3 is 2.79 bits per heavy atom. The van der Waals surface area contributed by atoms with Crippen LogP contribution < -0.4 is 4.90 Å². The van der Waals surface area contributed by atoms with E-state index >= 15 is 0 Å². The van der Waals surface area contributed by atoms with Gasteiger partial charge in [0, 0.05) is 17.3 Å². The lowest BCUT2D eigenvalue weighted by Gasteiger charge is -2.32. The van der Waals surface area contributed by atoms with Crippen molar-refractivity contribution < 1.29 is 0 Å². The molecular weight excluding hydrogens is 256 g/mol. The topological polar surface area (TPSA) is 27.0 Å². The first-order chi connectivity index (χ1) is 9.29. The quantitative estimate of drug-likeness (QED) is 0.771. The number of nitrogens with zero attached hydrogens (tertiary/aromatic N) is 2. The second kappa shape index (κ2) is 4.95. The molecule has 3 rings (SSSR count). The fraction of sp³-hybridized carbons (Fsp3) is 0.188. The van der Waals surface area contributed by atoms with Crippen molar-refractivity contribution in [2.75, 3.05) is 11.4 Å². The third-order valence-corrected chi connectivity index (χ3v) is 3.72. The van der Waals surface area contributed by atoms with Crippen molar-refractivity contribution in [1.82, 2.24) is 0 Å². The molecule has 0 N–H and O–H groups in total. The zero-order valence-corrected chi connectivity index (χ0v) is 11.2. The highest BCUT2D eigenvalue weighted by molar-refractivity contribution is 6.31. The fourth-order valence-corrected chi connectivity index (χ4v) is 2.77. The Kier molecular flexibility index (Phi) is 3.15. The van der Waals surface area contributed by atoms with Gasteiger partial charge in [0.25, 0.3) is 0 Å². The van der Waals surface area contributed by atoms with Crippen LogP contribution in [0.2, 0.25) is 5.02 Å². The molecule has 0 spiro atoms. The van der Waals surface area contributed by atoms with Gasteiger partial charge in [-0.1, -0.05) is 29.8 Å². The predicted molar refractivity (Wildman–Crippen MR) is 77.9 cm³/mol. The van der Waals surface area contributed by atoms with Crippen LogP contribution in [0.15, 0.2) is 42.5 Å². The molecule has 0 amide bonds. The zero-order chi connectivity index (χ0) is 13.2. The lowest BCUT2D eigenvalue weighted by Crippen LogP contribution is -2.25. The first-order valence-electron chi connectivity index (χ1n) is 6.34. The summed E-state index contributed by atoms with van der Waals surface area (Å²) < 4.78 is 0. The van der Waals surface area contributed by atoms with Gasteiger partial charge >= 0.3 is 0 Å². The molecule has 1 aliphatic rings. The molecule has 19 heavy (non-hydrogen) atoms. The van der Waals surface area contributed by atoms with Crippen molar-refractivity contribution in [1.29, 1.82) is 5.26 Å². The van der Waals surface area contributed by atoms with Gasteiger partial charge in [-0.05, 0) is 42.7 Å². The Morgan fingerprint density at radius 2 is 1.95 bits per heavy atom. The van der Waals surface area contributed by atoms with E-state index in [0.29, 0.717) is 10.6 Å². The smallest absolute Gasteiger partial charge is 0.101 e. The Morgan fingerprint density at radius 1 is 1.11 bits per heavy atom. The third-order valence-electron chi connectivity index (χ3n) is 3.48. The maximum atomic E-state index is 9.27. The SMILES string of the molecule is N#Cc1ccc(Cl)cc1N1CCCc2ccccc21. The Hall–Kier alpha value is -1.98. The normalized spacial score (nSPS) is 13.8. The van der Waals surface area contributed by atoms with Crippen LogP contribution in [-0.4, -0.2) is 6.54 Å². The molecule has 0 bridgehead atoms. The van der Waals surface area contributed by atoms with Crippen LogP contribution in [-0.2, 0) is 6.42 Å². The molecule has 2 aromatic rings. The number of anilines is 2. The van der Waals surface area contributed by atoms with Crippen molar-refractivity contribution in [3.05, 3.63) is 58.6 Å². The van der Waals surface area contributed by atoms with Crippen LogP contribution >= 0.6 is 11.6 Å². The maximum absolute atomic E-state index is 9.27. The van der Waals surface area contributed by atoms with E-state index in [1.807, 2.05) is 12.1 Å². The molecule has 0 fully saturated rings. The molecule has 0 saturated carbocycles. The summed E-state index contributed by atoms with van der Waals surface area (Å²) in [6, 6.07) is 16.0. The Balaban J connectivity index is 2.14. The predicted octanol–water partition coefficient (Wildman–Crippen LogP) is 4.30. The standard InChI is InChI=1S/C16H13ClN2/c17-14-8-7-13(11-18)16(10-14)19-9-3-5-12-4-1-2-6-15(12)19/h1-2,4,6-8,10H,3,5,9H2. The minimum atomic E-state index is 0.664. The van der Waals surface area contributed by atoms with E-state index in [1.54, 1.807) is 12.1 Å². The van der Waals surface area contributed by atoms with Crippen LogP contribution in [0.25, 0.3) is 0 Å². The van der Waals surface area contributed by atoms with E-state index in [-0.39, 0.29) is 0 Å². The first kappa shape index (κ1) is 12.1. The third kappa shape index (κ3) is 2.18. The van der Waals surface area contributed by atoms with Crippen molar-refractivity contribution in [2.45, 2.75) is 12.8 Å². The lowest BCUT2D eigenvalue weighted by molar-refractivity contribution is 0.766. The Labute approximate surface area is 117 Å². The molecule has 0 saturated heterocycles. The van der Waals surface area contributed by atoms with Gasteiger partial charge in [0.1, 0.15) is 6.07 Å². The van der Waals surface area contributed by atoms with Gasteiger partial charge in [0.15, 0.2) is 0 Å². The van der Waals surface area contributed by atoms with E-state index in [9.17, 15) is 5.26 Å². The van der Waals surface area contributed by atoms with Crippen molar-refractivity contribution in [2.24, 2.45) is 0 Å². The fourth-order valence-electron chi connectivity index (χ4n) is 2.61. The molecule has 0 atom stereocenters. The van der Waals surface area contributed by atoms with E-state index < -0.39 is 0 Å². The minimum absolute atomic E-state index is 0.664. The summed E-state index contributed by atoms with van der Waals surface area (Å²) in [6.45, 7) is 0.923. The van der Waals surface area contributed by atoms with Crippen LogP contribution in [0.1, 0.15) is 17.5 Å². The average Bonchev–Trinajstić information content (AvgIpc) is 2.46. The van der Waals surface area contributed by atoms with Crippen molar-refractivity contribution in [3.8, 4) is 6.07 Å². The zero-order valence-electron chi connectivity index (χ0n) is 10.4. The van der Waals surface area contributed by atoms with E-state index in [1.165, 1.54) is 11.3 Å². The molecule has 1 aliphatic heterocycles. The molecular formula is C16H13ClN2. The molecule has 0 unspecified atom stereocenters. The second-order valence-corrected chi connectivity index (χ2v) is 5.09. The van der Waals surface area contributed by atoms with E-state index in [4.69, 9.17) is 11.6 Å². The van der Waals surface area contributed by atoms with Gasteiger partial charge in [0.2, 0.25) is 0 Å². The summed E-state index contributed by atoms with van der Waals surface area (Å²) in [5.74, 6) is 0. The van der Waals surface area contributed by atoms with E-state index in [0.717, 1.165) is 25.1 Å². The maximum Gasteiger partial charge on any atom is 0.101 e. The average molecular weight is 269 g/mol. The highest BCUT2D eigenvalue weighted by Crippen LogP contribution is 2.36. The number of para-hydroxylation sites is 1. The van der Waals surface area contributed by atoms with Crippen LogP contribution in [0.4, 0.5) is 11.4 Å².